The number of nitrogens with zero attached hydrogens (tertiary/aromatic N) is 1. The minimum atomic E-state index is -0.425. The zero-order valence-corrected chi connectivity index (χ0v) is 19.0. The summed E-state index contributed by atoms with van der Waals surface area (Å²) in [5, 5.41) is 8.74. The summed E-state index contributed by atoms with van der Waals surface area (Å²) in [5.74, 6) is -0.883. The highest BCUT2D eigenvalue weighted by atomic mass is 19.1. The van der Waals surface area contributed by atoms with E-state index < -0.39 is 5.82 Å². The van der Waals surface area contributed by atoms with Crippen molar-refractivity contribution < 1.29 is 18.8 Å². The number of aryl methyl sites for hydroxylation is 1. The van der Waals surface area contributed by atoms with Gasteiger partial charge >= 0.3 is 0 Å². The number of hydrogen-bond donors (Lipinski definition) is 4. The molecule has 0 radical (unpaired) electrons. The predicted molar refractivity (Wildman–Crippen MR) is 124 cm³/mol. The second-order valence-corrected chi connectivity index (χ2v) is 8.52. The summed E-state index contributed by atoms with van der Waals surface area (Å²) in [5.41, 5.74) is 3.90. The van der Waals surface area contributed by atoms with Gasteiger partial charge < -0.3 is 25.8 Å². The van der Waals surface area contributed by atoms with E-state index in [2.05, 4.69) is 20.9 Å². The van der Waals surface area contributed by atoms with Gasteiger partial charge in [-0.15, -0.1) is 0 Å². The molecule has 1 aromatic carbocycles. The highest BCUT2D eigenvalue weighted by Gasteiger charge is 2.29. The number of hydrogen-bond acceptors (Lipinski definition) is 4. The molecule has 174 valence electrons. The number of rotatable bonds is 6. The lowest BCUT2D eigenvalue weighted by atomic mass is 10.0. The maximum absolute atomic E-state index is 13.7. The van der Waals surface area contributed by atoms with Crippen molar-refractivity contribution in [2.24, 2.45) is 0 Å². The van der Waals surface area contributed by atoms with Crippen molar-refractivity contribution in [2.45, 2.75) is 32.7 Å². The maximum Gasteiger partial charge on any atom is 0.256 e. The molecule has 0 unspecified atom stereocenters. The number of aromatic nitrogens is 1. The third kappa shape index (κ3) is 4.54. The number of carbonyl (C=O) groups excluding carboxylic acids is 3. The van der Waals surface area contributed by atoms with E-state index in [1.165, 1.54) is 18.2 Å². The van der Waals surface area contributed by atoms with E-state index >= 15 is 0 Å². The summed E-state index contributed by atoms with van der Waals surface area (Å²) in [6.45, 7) is 5.36. The highest BCUT2D eigenvalue weighted by Crippen LogP contribution is 2.34. The summed E-state index contributed by atoms with van der Waals surface area (Å²) in [7, 11) is 1.81. The van der Waals surface area contributed by atoms with Crippen LogP contribution in [-0.4, -0.2) is 60.3 Å². The largest absolute Gasteiger partial charge is 0.358 e. The average Bonchev–Trinajstić information content (AvgIpc) is 3.43. The summed E-state index contributed by atoms with van der Waals surface area (Å²) < 4.78 is 13.7. The number of halogens is 1. The zero-order chi connectivity index (χ0) is 23.7. The molecule has 4 rings (SSSR count). The van der Waals surface area contributed by atoms with Crippen molar-refractivity contribution in [1.82, 2.24) is 20.5 Å². The van der Waals surface area contributed by atoms with Gasteiger partial charge in [0.1, 0.15) is 5.82 Å². The van der Waals surface area contributed by atoms with E-state index in [9.17, 15) is 18.8 Å². The predicted octanol–water partition coefficient (Wildman–Crippen LogP) is 2.20. The van der Waals surface area contributed by atoms with Crippen molar-refractivity contribution in [3.05, 3.63) is 52.1 Å². The maximum atomic E-state index is 13.7. The Bertz CT molecular complexity index is 1150. The lowest BCUT2D eigenvalue weighted by Gasteiger charge is -2.17. The molecule has 0 saturated carbocycles. The Morgan fingerprint density at radius 2 is 2.09 bits per heavy atom. The first-order valence-electron chi connectivity index (χ1n) is 11.0. The second-order valence-electron chi connectivity index (χ2n) is 8.52. The van der Waals surface area contributed by atoms with Crippen LogP contribution >= 0.6 is 0 Å². The fourth-order valence-electron chi connectivity index (χ4n) is 4.46. The van der Waals surface area contributed by atoms with E-state index in [-0.39, 0.29) is 23.8 Å². The molecule has 8 nitrogen and oxygen atoms in total. The lowest BCUT2D eigenvalue weighted by molar-refractivity contribution is -0.130. The van der Waals surface area contributed by atoms with Crippen LogP contribution in [0.5, 0.6) is 0 Å². The van der Waals surface area contributed by atoms with Gasteiger partial charge in [-0.3, -0.25) is 14.4 Å². The van der Waals surface area contributed by atoms with Gasteiger partial charge in [0.2, 0.25) is 5.91 Å². The van der Waals surface area contributed by atoms with E-state index in [0.29, 0.717) is 71.8 Å². The van der Waals surface area contributed by atoms with Gasteiger partial charge in [0, 0.05) is 54.7 Å². The number of aromatic amines is 1. The molecule has 0 bridgehead atoms. The van der Waals surface area contributed by atoms with E-state index in [1.54, 1.807) is 17.9 Å². The topological polar surface area (TPSA) is 106 Å². The summed E-state index contributed by atoms with van der Waals surface area (Å²) >= 11 is 0. The van der Waals surface area contributed by atoms with Crippen molar-refractivity contribution >= 4 is 35.1 Å². The summed E-state index contributed by atoms with van der Waals surface area (Å²) in [6.07, 6.45) is 2.79. The van der Waals surface area contributed by atoms with Crippen molar-refractivity contribution in [1.29, 1.82) is 0 Å². The fraction of sp³-hybridized carbons (Fsp3) is 0.375. The average molecular weight is 454 g/mol. The smallest absolute Gasteiger partial charge is 0.256 e. The van der Waals surface area contributed by atoms with Crippen molar-refractivity contribution in [3.8, 4) is 0 Å². The minimum absolute atomic E-state index is 0.0792. The molecule has 2 aromatic rings. The van der Waals surface area contributed by atoms with Crippen molar-refractivity contribution in [3.63, 3.8) is 0 Å². The molecule has 33 heavy (non-hydrogen) atoms. The number of fused-ring (bicyclic) bond motifs is 1. The second kappa shape index (κ2) is 9.19. The van der Waals surface area contributed by atoms with Crippen LogP contribution in [0.1, 0.15) is 45.7 Å². The standard InChI is InChI=1S/C24H28FN5O3/c1-13-20(11-18-17-10-15(25)4-5-19(17)29-23(18)32)27-14(2)22(13)24(33)28-16-7-9-30(12-16)21(31)6-8-26-3/h4-5,10-11,16,26-27H,6-9,12H2,1-3H3,(H,28,33)(H,29,32)/b18-11-/t16-/m0/s1. The number of likely N-dealkylation sites (tertiary alicyclic amines) is 1. The van der Waals surface area contributed by atoms with Gasteiger partial charge in [-0.2, -0.15) is 0 Å². The molecule has 1 atom stereocenters. The zero-order valence-electron chi connectivity index (χ0n) is 19.0. The first-order chi connectivity index (χ1) is 15.8. The van der Waals surface area contributed by atoms with Crippen LogP contribution in [0.15, 0.2) is 18.2 Å². The van der Waals surface area contributed by atoms with Crippen LogP contribution < -0.4 is 16.0 Å². The molecule has 4 N–H and O–H groups in total. The van der Waals surface area contributed by atoms with Crippen molar-refractivity contribution in [2.75, 3.05) is 32.0 Å². The lowest BCUT2D eigenvalue weighted by Crippen LogP contribution is -2.39. The van der Waals surface area contributed by atoms with Crippen LogP contribution in [0.25, 0.3) is 11.6 Å². The van der Waals surface area contributed by atoms with Gasteiger partial charge in [0.05, 0.1) is 11.1 Å². The third-order valence-corrected chi connectivity index (χ3v) is 6.22. The summed E-state index contributed by atoms with van der Waals surface area (Å²) in [6, 6.07) is 4.04. The van der Waals surface area contributed by atoms with Gasteiger partial charge in [-0.05, 0) is 57.2 Å². The number of benzene rings is 1. The van der Waals surface area contributed by atoms with Gasteiger partial charge in [0.15, 0.2) is 0 Å². The molecule has 1 saturated heterocycles. The number of amides is 3. The highest BCUT2D eigenvalue weighted by molar-refractivity contribution is 6.34. The van der Waals surface area contributed by atoms with Crippen LogP contribution in [0, 0.1) is 19.7 Å². The van der Waals surface area contributed by atoms with Crippen LogP contribution in [0.2, 0.25) is 0 Å². The molecule has 2 aliphatic heterocycles. The molecular weight excluding hydrogens is 425 g/mol. The van der Waals surface area contributed by atoms with Gasteiger partial charge in [-0.25, -0.2) is 4.39 Å². The summed E-state index contributed by atoms with van der Waals surface area (Å²) in [4.78, 5) is 42.7. The molecule has 9 heteroatoms. The minimum Gasteiger partial charge on any atom is -0.358 e. The molecule has 3 heterocycles. The Kier molecular flexibility index (Phi) is 6.33. The Morgan fingerprint density at radius 3 is 2.85 bits per heavy atom. The van der Waals surface area contributed by atoms with Gasteiger partial charge in [0.25, 0.3) is 11.8 Å². The monoisotopic (exact) mass is 453 g/mol. The van der Waals surface area contributed by atoms with E-state index in [0.717, 1.165) is 0 Å². The Morgan fingerprint density at radius 1 is 1.30 bits per heavy atom. The quantitative estimate of drug-likeness (QED) is 0.503. The fourth-order valence-corrected chi connectivity index (χ4v) is 4.46. The molecule has 1 aromatic heterocycles. The Labute approximate surface area is 191 Å². The van der Waals surface area contributed by atoms with E-state index in [1.807, 2.05) is 14.0 Å². The third-order valence-electron chi connectivity index (χ3n) is 6.22. The molecule has 0 aliphatic carbocycles. The number of carbonyl (C=O) groups is 3. The molecule has 1 fully saturated rings. The number of anilines is 1. The SMILES string of the molecule is CNCCC(=O)N1CC[C@H](NC(=O)c2c(C)[nH]c(/C=C3\C(=O)Nc4ccc(F)cc43)c2C)C1. The number of H-pyrrole nitrogens is 1. The molecule has 3 amide bonds. The number of nitrogens with one attached hydrogen (secondary N) is 4. The van der Waals surface area contributed by atoms with Crippen LogP contribution in [0.4, 0.5) is 10.1 Å². The van der Waals surface area contributed by atoms with Crippen LogP contribution in [-0.2, 0) is 9.59 Å². The Hall–Kier alpha value is -3.46. The first kappa shape index (κ1) is 22.7. The molecule has 0 spiro atoms. The molecular formula is C24H28FN5O3. The normalized spacial score (nSPS) is 18.5. The van der Waals surface area contributed by atoms with Gasteiger partial charge in [-0.1, -0.05) is 0 Å². The van der Waals surface area contributed by atoms with E-state index in [4.69, 9.17) is 0 Å². The molecule has 2 aliphatic rings. The first-order valence-corrected chi connectivity index (χ1v) is 11.0. The van der Waals surface area contributed by atoms with Crippen LogP contribution in [0.3, 0.4) is 0 Å². The Balaban J connectivity index is 1.50.